The monoisotopic (exact) mass is 342 g/mol. The number of hydrogen-bond donors (Lipinski definition) is 0. The zero-order chi connectivity index (χ0) is 17.4. The molecule has 1 aliphatic heterocycles. The molecule has 1 aliphatic rings. The van der Waals surface area contributed by atoms with Gasteiger partial charge in [-0.05, 0) is 12.8 Å². The molecule has 0 saturated carbocycles. The van der Waals surface area contributed by atoms with Gasteiger partial charge in [-0.1, -0.05) is 0 Å². The molecule has 4 rings (SSSR count). The molecule has 1 saturated heterocycles. The molecule has 0 bridgehead atoms. The first-order valence-corrected chi connectivity index (χ1v) is 8.12. The lowest BCUT2D eigenvalue weighted by Crippen LogP contribution is -2.43. The van der Waals surface area contributed by atoms with Crippen molar-refractivity contribution in [2.75, 3.05) is 13.1 Å². The van der Waals surface area contributed by atoms with Crippen molar-refractivity contribution in [3.63, 3.8) is 0 Å². The van der Waals surface area contributed by atoms with E-state index in [0.717, 1.165) is 12.8 Å². The molecule has 10 heteroatoms. The van der Waals surface area contributed by atoms with Gasteiger partial charge in [0.1, 0.15) is 30.9 Å². The number of carbonyl (C=O) groups is 1. The van der Waals surface area contributed by atoms with Gasteiger partial charge in [-0.15, -0.1) is 0 Å². The lowest BCUT2D eigenvalue weighted by molar-refractivity contribution is -0.133. The van der Waals surface area contributed by atoms with Crippen LogP contribution in [0.5, 0.6) is 0 Å². The quantitative estimate of drug-likeness (QED) is 0.641. The molecule has 0 radical (unpaired) electrons. The van der Waals surface area contributed by atoms with Gasteiger partial charge in [0.25, 0.3) is 5.56 Å². The number of rotatable bonds is 3. The molecule has 10 nitrogen and oxygen atoms in total. The molecule has 130 valence electrons. The molecule has 3 aromatic rings. The Kier molecular flexibility index (Phi) is 3.79. The van der Waals surface area contributed by atoms with Crippen molar-refractivity contribution in [1.29, 1.82) is 0 Å². The Hall–Kier alpha value is -3.04. The first-order chi connectivity index (χ1) is 12.1. The van der Waals surface area contributed by atoms with E-state index in [1.165, 1.54) is 28.1 Å². The highest BCUT2D eigenvalue weighted by Gasteiger charge is 2.25. The average molecular weight is 342 g/mol. The van der Waals surface area contributed by atoms with Gasteiger partial charge in [-0.2, -0.15) is 10.2 Å². The lowest BCUT2D eigenvalue weighted by atomic mass is 10.1. The van der Waals surface area contributed by atoms with Gasteiger partial charge in [-0.3, -0.25) is 18.8 Å². The van der Waals surface area contributed by atoms with Crippen LogP contribution in [-0.4, -0.2) is 58.0 Å². The van der Waals surface area contributed by atoms with Crippen molar-refractivity contribution >= 4 is 16.9 Å². The van der Waals surface area contributed by atoms with Gasteiger partial charge in [0.2, 0.25) is 5.91 Å². The number of fused-ring (bicyclic) bond motifs is 1. The summed E-state index contributed by atoms with van der Waals surface area (Å²) in [6.07, 6.45) is 7.90. The largest absolute Gasteiger partial charge is 0.339 e. The predicted molar refractivity (Wildman–Crippen MR) is 87.6 cm³/mol. The van der Waals surface area contributed by atoms with E-state index < -0.39 is 0 Å². The molecule has 25 heavy (non-hydrogen) atoms. The first-order valence-electron chi connectivity index (χ1n) is 8.12. The minimum atomic E-state index is -0.253. The van der Waals surface area contributed by atoms with Gasteiger partial charge >= 0.3 is 0 Å². The minimum Gasteiger partial charge on any atom is -0.339 e. The maximum Gasteiger partial charge on any atom is 0.264 e. The van der Waals surface area contributed by atoms with Crippen LogP contribution in [0.4, 0.5) is 0 Å². The Labute approximate surface area is 142 Å². The van der Waals surface area contributed by atoms with Crippen LogP contribution in [0.2, 0.25) is 0 Å². The summed E-state index contributed by atoms with van der Waals surface area (Å²) < 4.78 is 4.66. The van der Waals surface area contributed by atoms with Crippen LogP contribution in [0.1, 0.15) is 18.9 Å². The third-order valence-electron chi connectivity index (χ3n) is 4.58. The highest BCUT2D eigenvalue weighted by molar-refractivity contribution is 5.77. The summed E-state index contributed by atoms with van der Waals surface area (Å²) in [4.78, 5) is 35.1. The van der Waals surface area contributed by atoms with E-state index in [0.29, 0.717) is 24.1 Å². The van der Waals surface area contributed by atoms with Crippen molar-refractivity contribution in [3.8, 4) is 0 Å². The van der Waals surface area contributed by atoms with Crippen LogP contribution < -0.4 is 5.56 Å². The van der Waals surface area contributed by atoms with Gasteiger partial charge in [0.15, 0.2) is 5.65 Å². The number of aryl methyl sites for hydroxylation is 1. The van der Waals surface area contributed by atoms with E-state index >= 15 is 0 Å². The molecule has 1 amide bonds. The smallest absolute Gasteiger partial charge is 0.264 e. The molecule has 0 spiro atoms. The highest BCUT2D eigenvalue weighted by Crippen LogP contribution is 2.20. The van der Waals surface area contributed by atoms with Crippen molar-refractivity contribution in [3.05, 3.63) is 35.5 Å². The second-order valence-corrected chi connectivity index (χ2v) is 6.19. The molecular formula is C15H18N8O2. The van der Waals surface area contributed by atoms with Crippen LogP contribution in [0.25, 0.3) is 11.0 Å². The molecule has 4 heterocycles. The van der Waals surface area contributed by atoms with Gasteiger partial charge in [0.05, 0.1) is 12.2 Å². The maximum absolute atomic E-state index is 12.6. The van der Waals surface area contributed by atoms with E-state index in [1.807, 2.05) is 0 Å². The van der Waals surface area contributed by atoms with Crippen molar-refractivity contribution in [1.82, 2.24) is 39.0 Å². The fourth-order valence-electron chi connectivity index (χ4n) is 3.23. The van der Waals surface area contributed by atoms with E-state index in [4.69, 9.17) is 0 Å². The third-order valence-corrected chi connectivity index (χ3v) is 4.58. The SMILES string of the molecule is Cn1ncc2c(=O)n(CC(=O)N3CCCC(n4cncn4)C3)cnc21. The number of likely N-dealkylation sites (tertiary alicyclic amines) is 1. The van der Waals surface area contributed by atoms with Crippen molar-refractivity contribution < 1.29 is 4.79 Å². The Bertz CT molecular complexity index is 958. The van der Waals surface area contributed by atoms with Gasteiger partial charge < -0.3 is 4.90 Å². The van der Waals surface area contributed by atoms with Gasteiger partial charge in [-0.25, -0.2) is 14.6 Å². The van der Waals surface area contributed by atoms with E-state index in [-0.39, 0.29) is 24.1 Å². The molecule has 0 aromatic carbocycles. The molecule has 1 atom stereocenters. The van der Waals surface area contributed by atoms with Crippen LogP contribution in [0, 0.1) is 0 Å². The highest BCUT2D eigenvalue weighted by atomic mass is 16.2. The normalized spacial score (nSPS) is 18.0. The van der Waals surface area contributed by atoms with E-state index in [9.17, 15) is 9.59 Å². The standard InChI is InChI=1S/C15H18N8O2/c1-20-14-12(5-18-20)15(25)22(10-17-14)7-13(24)21-4-2-3-11(6-21)23-9-16-8-19-23/h5,8-11H,2-4,6-7H2,1H3. The summed E-state index contributed by atoms with van der Waals surface area (Å²) in [6, 6.07) is 0.121. The molecular weight excluding hydrogens is 324 g/mol. The van der Waals surface area contributed by atoms with Gasteiger partial charge in [0, 0.05) is 20.1 Å². The van der Waals surface area contributed by atoms with Crippen LogP contribution in [0.15, 0.2) is 30.0 Å². The average Bonchev–Trinajstić information content (AvgIpc) is 3.28. The summed E-state index contributed by atoms with van der Waals surface area (Å²) in [5.74, 6) is -0.100. The number of hydrogen-bond acceptors (Lipinski definition) is 6. The number of amides is 1. The Morgan fingerprint density at radius 3 is 3.00 bits per heavy atom. The summed E-state index contributed by atoms with van der Waals surface area (Å²) in [5, 5.41) is 8.61. The number of carbonyl (C=O) groups excluding carboxylic acids is 1. The van der Waals surface area contributed by atoms with Crippen LogP contribution in [0.3, 0.4) is 0 Å². The second kappa shape index (κ2) is 6.11. The van der Waals surface area contributed by atoms with Crippen LogP contribution in [-0.2, 0) is 18.4 Å². The fraction of sp³-hybridized carbons (Fsp3) is 0.467. The first kappa shape index (κ1) is 15.5. The maximum atomic E-state index is 12.6. The number of aromatic nitrogens is 7. The predicted octanol–water partition coefficient (Wildman–Crippen LogP) is -0.415. The summed E-state index contributed by atoms with van der Waals surface area (Å²) in [6.45, 7) is 1.22. The lowest BCUT2D eigenvalue weighted by Gasteiger charge is -2.32. The zero-order valence-electron chi connectivity index (χ0n) is 13.8. The summed E-state index contributed by atoms with van der Waals surface area (Å²) in [5.41, 5.74) is 0.259. The third kappa shape index (κ3) is 2.79. The molecule has 0 N–H and O–H groups in total. The molecule has 1 unspecified atom stereocenters. The summed E-state index contributed by atoms with van der Waals surface area (Å²) >= 11 is 0. The van der Waals surface area contributed by atoms with Crippen molar-refractivity contribution in [2.24, 2.45) is 7.05 Å². The topological polar surface area (TPSA) is 104 Å². The number of nitrogens with zero attached hydrogens (tertiary/aromatic N) is 8. The Morgan fingerprint density at radius 1 is 1.32 bits per heavy atom. The van der Waals surface area contributed by atoms with Crippen LogP contribution >= 0.6 is 0 Å². The summed E-state index contributed by atoms with van der Waals surface area (Å²) in [7, 11) is 1.72. The van der Waals surface area contributed by atoms with E-state index in [1.54, 1.807) is 23.0 Å². The molecule has 0 aliphatic carbocycles. The number of piperidine rings is 1. The zero-order valence-corrected chi connectivity index (χ0v) is 13.8. The Morgan fingerprint density at radius 2 is 2.20 bits per heavy atom. The van der Waals surface area contributed by atoms with Crippen molar-refractivity contribution in [2.45, 2.75) is 25.4 Å². The fourth-order valence-corrected chi connectivity index (χ4v) is 3.23. The minimum absolute atomic E-state index is 0.0270. The van der Waals surface area contributed by atoms with E-state index in [2.05, 4.69) is 20.2 Å². The second-order valence-electron chi connectivity index (χ2n) is 6.19. The molecule has 1 fully saturated rings. The molecule has 3 aromatic heterocycles. The Balaban J connectivity index is 1.52.